The van der Waals surface area contributed by atoms with Crippen LogP contribution in [0.5, 0.6) is 0 Å². The Kier molecular flexibility index (Phi) is 8.89. The fourth-order valence-corrected chi connectivity index (χ4v) is 1.56. The van der Waals surface area contributed by atoms with Crippen LogP contribution in [0, 0.1) is 0 Å². The molecular weight excluding hydrogens is 231 g/mol. The van der Waals surface area contributed by atoms with Crippen molar-refractivity contribution in [2.24, 2.45) is 0 Å². The lowest BCUT2D eigenvalue weighted by atomic mass is 10.3. The monoisotopic (exact) mass is 248 g/mol. The summed E-state index contributed by atoms with van der Waals surface area (Å²) in [5.41, 5.74) is 0. The third-order valence-electron chi connectivity index (χ3n) is 1.04. The first-order chi connectivity index (χ1) is 6.59. The first-order valence-electron chi connectivity index (χ1n) is 4.31. The van der Waals surface area contributed by atoms with Gasteiger partial charge in [0.2, 0.25) is 0 Å². The molecular formula is C7H17BF4N2S. The topological polar surface area (TPSA) is 6.25 Å². The third kappa shape index (κ3) is 16.3. The second-order valence-corrected chi connectivity index (χ2v) is 4.23. The average molecular weight is 248 g/mol. The van der Waals surface area contributed by atoms with Crippen molar-refractivity contribution in [3.05, 3.63) is 0 Å². The first-order valence-corrected chi connectivity index (χ1v) is 5.29. The fraction of sp³-hybridized carbons (Fsp3) is 0.857. The van der Waals surface area contributed by atoms with Crippen LogP contribution in [0.3, 0.4) is 0 Å². The van der Waals surface area contributed by atoms with Gasteiger partial charge < -0.3 is 17.3 Å². The van der Waals surface area contributed by atoms with Crippen LogP contribution >= 0.6 is 11.8 Å². The number of hydrogen-bond donors (Lipinski definition) is 0. The van der Waals surface area contributed by atoms with Crippen LogP contribution in [0.1, 0.15) is 6.92 Å². The molecule has 0 saturated heterocycles. The van der Waals surface area contributed by atoms with Crippen LogP contribution in [0.2, 0.25) is 0 Å². The molecule has 0 heterocycles. The molecule has 0 aliphatic carbocycles. The van der Waals surface area contributed by atoms with Gasteiger partial charge >= 0.3 is 12.4 Å². The summed E-state index contributed by atoms with van der Waals surface area (Å²) >= 11 is 1.86. The largest absolute Gasteiger partial charge is 0.673 e. The second-order valence-electron chi connectivity index (χ2n) is 3.00. The van der Waals surface area contributed by atoms with Crippen LogP contribution in [0.25, 0.3) is 0 Å². The molecule has 0 aromatic rings. The highest BCUT2D eigenvalue weighted by atomic mass is 32.2. The Balaban J connectivity index is 0. The highest BCUT2D eigenvalue weighted by Gasteiger charge is 2.20. The molecule has 0 aromatic carbocycles. The zero-order chi connectivity index (χ0) is 12.6. The predicted octanol–water partition coefficient (Wildman–Crippen LogP) is 2.23. The van der Waals surface area contributed by atoms with Gasteiger partial charge in [0.15, 0.2) is 0 Å². The molecule has 0 N–H and O–H groups in total. The van der Waals surface area contributed by atoms with Gasteiger partial charge in [-0.05, 0) is 11.8 Å². The lowest BCUT2D eigenvalue weighted by Gasteiger charge is -2.08. The Morgan fingerprint density at radius 3 is 1.60 bits per heavy atom. The van der Waals surface area contributed by atoms with E-state index in [0.717, 1.165) is 5.75 Å². The Bertz CT molecular complexity index is 196. The Labute approximate surface area is 92.4 Å². The summed E-state index contributed by atoms with van der Waals surface area (Å²) in [6, 6.07) is 0. The molecule has 15 heavy (non-hydrogen) atoms. The minimum Gasteiger partial charge on any atom is -0.418 e. The maximum atomic E-state index is 9.75. The van der Waals surface area contributed by atoms with Crippen LogP contribution in [0.15, 0.2) is 0 Å². The highest BCUT2D eigenvalue weighted by Crippen LogP contribution is 2.06. The number of thioether (sulfide) groups is 1. The number of hydrogen-bond acceptors (Lipinski definition) is 1. The van der Waals surface area contributed by atoms with E-state index in [2.05, 4.69) is 44.6 Å². The average Bonchev–Trinajstić information content (AvgIpc) is 1.95. The molecule has 0 aromatic heterocycles. The smallest absolute Gasteiger partial charge is 0.418 e. The highest BCUT2D eigenvalue weighted by molar-refractivity contribution is 8.13. The molecule has 0 rings (SSSR count). The van der Waals surface area contributed by atoms with E-state index in [1.807, 2.05) is 11.8 Å². The quantitative estimate of drug-likeness (QED) is 0.231. The molecule has 0 aliphatic heterocycles. The number of rotatable bonds is 1. The van der Waals surface area contributed by atoms with Gasteiger partial charge in [0, 0.05) is 5.75 Å². The van der Waals surface area contributed by atoms with E-state index < -0.39 is 7.25 Å². The van der Waals surface area contributed by atoms with Crippen molar-refractivity contribution in [2.75, 3.05) is 33.9 Å². The molecule has 0 radical (unpaired) electrons. The summed E-state index contributed by atoms with van der Waals surface area (Å²) in [5.74, 6) is 1.13. The van der Waals surface area contributed by atoms with Gasteiger partial charge in [-0.25, -0.2) is 0 Å². The van der Waals surface area contributed by atoms with Gasteiger partial charge in [-0.3, -0.25) is 9.48 Å². The summed E-state index contributed by atoms with van der Waals surface area (Å²) in [6.45, 7) is 2.16. The lowest BCUT2D eigenvalue weighted by Crippen LogP contribution is -2.26. The lowest BCUT2D eigenvalue weighted by molar-refractivity contribution is -0.466. The van der Waals surface area contributed by atoms with Crippen molar-refractivity contribution in [1.82, 2.24) is 4.90 Å². The van der Waals surface area contributed by atoms with E-state index in [1.54, 1.807) is 0 Å². The summed E-state index contributed by atoms with van der Waals surface area (Å²) in [7, 11) is 2.27. The van der Waals surface area contributed by atoms with Crippen molar-refractivity contribution in [1.29, 1.82) is 0 Å². The molecule has 0 unspecified atom stereocenters. The van der Waals surface area contributed by atoms with Gasteiger partial charge in [0.05, 0.1) is 28.2 Å². The Morgan fingerprint density at radius 2 is 1.53 bits per heavy atom. The number of amidine groups is 1. The fourth-order valence-electron chi connectivity index (χ4n) is 0.787. The van der Waals surface area contributed by atoms with E-state index in [1.165, 1.54) is 5.17 Å². The molecule has 2 nitrogen and oxygen atoms in total. The van der Waals surface area contributed by atoms with Gasteiger partial charge in [-0.15, -0.1) is 0 Å². The molecule has 0 saturated carbocycles. The van der Waals surface area contributed by atoms with Crippen LogP contribution in [0.4, 0.5) is 17.3 Å². The molecule has 0 amide bonds. The van der Waals surface area contributed by atoms with Crippen molar-refractivity contribution in [2.45, 2.75) is 6.92 Å². The Morgan fingerprint density at radius 1 is 1.20 bits per heavy atom. The van der Waals surface area contributed by atoms with E-state index in [9.17, 15) is 17.3 Å². The van der Waals surface area contributed by atoms with Crippen molar-refractivity contribution < 1.29 is 21.8 Å². The van der Waals surface area contributed by atoms with Crippen molar-refractivity contribution in [3.8, 4) is 0 Å². The summed E-state index contributed by atoms with van der Waals surface area (Å²) < 4.78 is 41.1. The van der Waals surface area contributed by atoms with Crippen LogP contribution in [-0.2, 0) is 0 Å². The summed E-state index contributed by atoms with van der Waals surface area (Å²) in [4.78, 5) is 2.13. The molecule has 0 bridgehead atoms. The van der Waals surface area contributed by atoms with E-state index in [4.69, 9.17) is 0 Å². The molecule has 8 heteroatoms. The summed E-state index contributed by atoms with van der Waals surface area (Å²) in [6.07, 6.45) is 0. The van der Waals surface area contributed by atoms with Crippen LogP contribution in [-0.4, -0.2) is 55.8 Å². The molecule has 0 spiro atoms. The van der Waals surface area contributed by atoms with Gasteiger partial charge in [0.25, 0.3) is 0 Å². The van der Waals surface area contributed by atoms with Gasteiger partial charge in [0.1, 0.15) is 0 Å². The minimum absolute atomic E-state index is 1.13. The van der Waals surface area contributed by atoms with Gasteiger partial charge in [-0.1, -0.05) is 6.92 Å². The van der Waals surface area contributed by atoms with Crippen LogP contribution < -0.4 is 0 Å². The minimum atomic E-state index is -6.00. The Hall–Kier alpha value is -0.395. The van der Waals surface area contributed by atoms with Crippen molar-refractivity contribution in [3.63, 3.8) is 0 Å². The third-order valence-corrected chi connectivity index (χ3v) is 2.32. The zero-order valence-electron chi connectivity index (χ0n) is 9.60. The molecule has 0 aliphatic rings. The SMILES string of the molecule is CCSC(N(C)C)=[N+](C)C.F[B-](F)(F)F. The normalized spacial score (nSPS) is 10.2. The number of nitrogens with zero attached hydrogens (tertiary/aromatic N) is 2. The number of halogens is 4. The van der Waals surface area contributed by atoms with E-state index in [-0.39, 0.29) is 0 Å². The first kappa shape index (κ1) is 17.0. The van der Waals surface area contributed by atoms with Gasteiger partial charge in [-0.2, -0.15) is 0 Å². The second kappa shape index (κ2) is 7.84. The zero-order valence-corrected chi connectivity index (χ0v) is 10.4. The molecule has 92 valence electrons. The van der Waals surface area contributed by atoms with E-state index >= 15 is 0 Å². The standard InChI is InChI=1S/C7H17N2S.BF4/c1-6-10-7(8(2)3)9(4)5;2-1(3,4)5/h6H2,1-5H3;/q+1;-1. The predicted molar refractivity (Wildman–Crippen MR) is 59.1 cm³/mol. The van der Waals surface area contributed by atoms with E-state index in [0.29, 0.717) is 0 Å². The molecule has 0 atom stereocenters. The maximum Gasteiger partial charge on any atom is 0.673 e. The summed E-state index contributed by atoms with van der Waals surface area (Å²) in [5, 5.41) is 1.31. The maximum absolute atomic E-state index is 9.75. The molecule has 0 fully saturated rings. The van der Waals surface area contributed by atoms with Crippen molar-refractivity contribution >= 4 is 24.2 Å².